The van der Waals surface area contributed by atoms with Gasteiger partial charge >= 0.3 is 0 Å². The molecule has 0 spiro atoms. The SMILES string of the molecule is CN(Cc1cc(Br)cs1)S(=O)(=O)c1ccc(C#N)cc1Cl. The summed E-state index contributed by atoms with van der Waals surface area (Å²) in [5.74, 6) is 0. The molecule has 0 bridgehead atoms. The van der Waals surface area contributed by atoms with Crippen LogP contribution in [0.2, 0.25) is 5.02 Å². The van der Waals surface area contributed by atoms with Crippen molar-refractivity contribution in [3.63, 3.8) is 0 Å². The summed E-state index contributed by atoms with van der Waals surface area (Å²) in [5, 5.41) is 10.7. The lowest BCUT2D eigenvalue weighted by Crippen LogP contribution is -2.26. The van der Waals surface area contributed by atoms with Crippen LogP contribution in [0.4, 0.5) is 0 Å². The van der Waals surface area contributed by atoms with Crippen molar-refractivity contribution in [1.82, 2.24) is 4.31 Å². The Hall–Kier alpha value is -0.910. The Morgan fingerprint density at radius 3 is 2.67 bits per heavy atom. The van der Waals surface area contributed by atoms with E-state index in [1.54, 1.807) is 0 Å². The number of thiophene rings is 1. The topological polar surface area (TPSA) is 61.2 Å². The number of benzene rings is 1. The van der Waals surface area contributed by atoms with Gasteiger partial charge in [-0.05, 0) is 40.2 Å². The summed E-state index contributed by atoms with van der Waals surface area (Å²) in [6.07, 6.45) is 0. The number of hydrogen-bond acceptors (Lipinski definition) is 4. The molecule has 0 N–H and O–H groups in total. The molecule has 8 heteroatoms. The van der Waals surface area contributed by atoms with E-state index < -0.39 is 10.0 Å². The Bertz CT molecular complexity index is 812. The highest BCUT2D eigenvalue weighted by molar-refractivity contribution is 9.10. The van der Waals surface area contributed by atoms with E-state index in [9.17, 15) is 8.42 Å². The van der Waals surface area contributed by atoms with Crippen LogP contribution < -0.4 is 0 Å². The molecule has 1 heterocycles. The number of sulfonamides is 1. The second-order valence-electron chi connectivity index (χ2n) is 4.25. The van der Waals surface area contributed by atoms with Crippen LogP contribution in [0.25, 0.3) is 0 Å². The highest BCUT2D eigenvalue weighted by Gasteiger charge is 2.24. The molecule has 1 aromatic heterocycles. The quantitative estimate of drug-likeness (QED) is 0.776. The summed E-state index contributed by atoms with van der Waals surface area (Å²) < 4.78 is 27.2. The van der Waals surface area contributed by atoms with Crippen LogP contribution in [-0.4, -0.2) is 19.8 Å². The Morgan fingerprint density at radius 1 is 1.43 bits per heavy atom. The minimum Gasteiger partial charge on any atom is -0.207 e. The van der Waals surface area contributed by atoms with Gasteiger partial charge in [-0.1, -0.05) is 11.6 Å². The highest BCUT2D eigenvalue weighted by Crippen LogP contribution is 2.27. The van der Waals surface area contributed by atoms with Crippen molar-refractivity contribution in [1.29, 1.82) is 5.26 Å². The predicted molar refractivity (Wildman–Crippen MR) is 86.8 cm³/mol. The zero-order valence-electron chi connectivity index (χ0n) is 10.9. The monoisotopic (exact) mass is 404 g/mol. The van der Waals surface area contributed by atoms with Gasteiger partial charge in [0.05, 0.1) is 16.7 Å². The van der Waals surface area contributed by atoms with E-state index >= 15 is 0 Å². The van der Waals surface area contributed by atoms with E-state index in [2.05, 4.69) is 15.9 Å². The molecule has 110 valence electrons. The van der Waals surface area contributed by atoms with Crippen LogP contribution in [0.5, 0.6) is 0 Å². The normalized spacial score (nSPS) is 11.6. The van der Waals surface area contributed by atoms with Crippen LogP contribution in [0.3, 0.4) is 0 Å². The molecular weight excluding hydrogens is 396 g/mol. The molecule has 1 aromatic carbocycles. The Labute approximate surface area is 140 Å². The fourth-order valence-electron chi connectivity index (χ4n) is 1.69. The van der Waals surface area contributed by atoms with Crippen molar-refractivity contribution in [3.8, 4) is 6.07 Å². The van der Waals surface area contributed by atoms with Gasteiger partial charge in [0.2, 0.25) is 10.0 Å². The van der Waals surface area contributed by atoms with Crippen LogP contribution in [0, 0.1) is 11.3 Å². The standard InChI is InChI=1S/C13H10BrClN2O2S2/c1-17(7-11-5-10(14)8-20-11)21(18,19)13-3-2-9(6-16)4-12(13)15/h2-5,8H,7H2,1H3. The van der Waals surface area contributed by atoms with E-state index in [-0.39, 0.29) is 16.5 Å². The van der Waals surface area contributed by atoms with Crippen LogP contribution >= 0.6 is 38.9 Å². The second-order valence-corrected chi connectivity index (χ2v) is 8.58. The Morgan fingerprint density at radius 2 is 2.14 bits per heavy atom. The molecule has 0 unspecified atom stereocenters. The first-order valence-electron chi connectivity index (χ1n) is 5.73. The average Bonchev–Trinajstić information content (AvgIpc) is 2.83. The molecule has 0 aliphatic heterocycles. The summed E-state index contributed by atoms with van der Waals surface area (Å²) in [5.41, 5.74) is 0.323. The van der Waals surface area contributed by atoms with Gasteiger partial charge in [0.15, 0.2) is 0 Å². The molecule has 21 heavy (non-hydrogen) atoms. The third-order valence-corrected chi connectivity index (χ3v) is 6.72. The van der Waals surface area contributed by atoms with E-state index in [0.29, 0.717) is 5.56 Å². The van der Waals surface area contributed by atoms with Crippen molar-refractivity contribution in [2.24, 2.45) is 0 Å². The molecule has 0 amide bonds. The largest absolute Gasteiger partial charge is 0.244 e. The molecule has 0 saturated carbocycles. The predicted octanol–water partition coefficient (Wildman–Crippen LogP) is 3.86. The summed E-state index contributed by atoms with van der Waals surface area (Å²) >= 11 is 10.8. The first-order valence-corrected chi connectivity index (χ1v) is 9.22. The number of rotatable bonds is 4. The van der Waals surface area contributed by atoms with Crippen molar-refractivity contribution < 1.29 is 8.42 Å². The Balaban J connectivity index is 2.31. The van der Waals surface area contributed by atoms with Crippen molar-refractivity contribution >= 4 is 48.9 Å². The molecule has 0 radical (unpaired) electrons. The maximum absolute atomic E-state index is 12.5. The van der Waals surface area contributed by atoms with Gasteiger partial charge in [0.1, 0.15) is 4.90 Å². The van der Waals surface area contributed by atoms with Gasteiger partial charge in [-0.2, -0.15) is 9.57 Å². The zero-order chi connectivity index (χ0) is 15.6. The first kappa shape index (κ1) is 16.5. The second kappa shape index (κ2) is 6.46. The Kier molecular flexibility index (Phi) is 5.07. The molecule has 0 aliphatic carbocycles. The highest BCUT2D eigenvalue weighted by atomic mass is 79.9. The first-order chi connectivity index (χ1) is 9.84. The molecule has 0 fully saturated rings. The molecule has 4 nitrogen and oxygen atoms in total. The third kappa shape index (κ3) is 3.65. The summed E-state index contributed by atoms with van der Waals surface area (Å²) in [6, 6.07) is 7.94. The van der Waals surface area contributed by atoms with Crippen LogP contribution in [-0.2, 0) is 16.6 Å². The zero-order valence-corrected chi connectivity index (χ0v) is 14.9. The van der Waals surface area contributed by atoms with Gasteiger partial charge in [-0.15, -0.1) is 11.3 Å². The van der Waals surface area contributed by atoms with Gasteiger partial charge in [-0.25, -0.2) is 8.42 Å². The minimum absolute atomic E-state index is 0.00119. The summed E-state index contributed by atoms with van der Waals surface area (Å²) in [4.78, 5) is 0.916. The van der Waals surface area contributed by atoms with Gasteiger partial charge in [0, 0.05) is 28.3 Å². The molecular formula is C13H10BrClN2O2S2. The lowest BCUT2D eigenvalue weighted by Gasteiger charge is -2.17. The summed E-state index contributed by atoms with van der Waals surface area (Å²) in [6.45, 7) is 0.259. The van der Waals surface area contributed by atoms with Crippen molar-refractivity contribution in [2.75, 3.05) is 7.05 Å². The lowest BCUT2D eigenvalue weighted by molar-refractivity contribution is 0.469. The molecule has 0 atom stereocenters. The fourth-order valence-corrected chi connectivity index (χ4v) is 4.94. The van der Waals surface area contributed by atoms with Crippen molar-refractivity contribution in [3.05, 3.63) is 49.6 Å². The minimum atomic E-state index is -3.70. The lowest BCUT2D eigenvalue weighted by atomic mass is 10.2. The summed E-state index contributed by atoms with van der Waals surface area (Å²) in [7, 11) is -2.20. The van der Waals surface area contributed by atoms with E-state index in [1.165, 1.54) is 40.9 Å². The van der Waals surface area contributed by atoms with Gasteiger partial charge in [-0.3, -0.25) is 0 Å². The van der Waals surface area contributed by atoms with Crippen LogP contribution in [0.1, 0.15) is 10.4 Å². The molecule has 2 aromatic rings. The van der Waals surface area contributed by atoms with Gasteiger partial charge < -0.3 is 0 Å². The molecule has 0 saturated heterocycles. The third-order valence-electron chi connectivity index (χ3n) is 2.75. The number of hydrogen-bond donors (Lipinski definition) is 0. The maximum atomic E-state index is 12.5. The molecule has 2 rings (SSSR count). The van der Waals surface area contributed by atoms with E-state index in [4.69, 9.17) is 16.9 Å². The number of nitriles is 1. The van der Waals surface area contributed by atoms with Gasteiger partial charge in [0.25, 0.3) is 0 Å². The van der Waals surface area contributed by atoms with E-state index in [1.807, 2.05) is 17.5 Å². The number of halogens is 2. The van der Waals surface area contributed by atoms with E-state index in [0.717, 1.165) is 9.35 Å². The van der Waals surface area contributed by atoms with Crippen molar-refractivity contribution in [2.45, 2.75) is 11.4 Å². The van der Waals surface area contributed by atoms with Crippen LogP contribution in [0.15, 0.2) is 39.0 Å². The number of nitrogens with zero attached hydrogens (tertiary/aromatic N) is 2. The smallest absolute Gasteiger partial charge is 0.207 e. The maximum Gasteiger partial charge on any atom is 0.244 e. The average molecular weight is 406 g/mol. The molecule has 0 aliphatic rings. The fraction of sp³-hybridized carbons (Fsp3) is 0.154.